The smallest absolute Gasteiger partial charge is 0.311 e. The predicted molar refractivity (Wildman–Crippen MR) is 43.4 cm³/mol. The van der Waals surface area contributed by atoms with Gasteiger partial charge in [-0.2, -0.15) is 5.10 Å². The molecule has 0 atom stereocenters. The highest BCUT2D eigenvalue weighted by molar-refractivity contribution is 5.97. The van der Waals surface area contributed by atoms with E-state index in [2.05, 4.69) is 9.84 Å². The summed E-state index contributed by atoms with van der Waals surface area (Å²) in [6, 6.07) is 0. The summed E-state index contributed by atoms with van der Waals surface area (Å²) in [7, 11) is 4.98. The lowest BCUT2D eigenvalue weighted by Crippen LogP contribution is -2.11. The second-order valence-electron chi connectivity index (χ2n) is 2.44. The van der Waals surface area contributed by atoms with Gasteiger partial charge in [-0.15, -0.1) is 0 Å². The number of esters is 1. The molecule has 0 aliphatic rings. The molecule has 0 N–H and O–H groups in total. The first-order valence-electron chi connectivity index (χ1n) is 3.34. The quantitative estimate of drug-likeness (QED) is 0.341. The molecular formula is C7H14N2O2. The number of carbonyl (C=O) groups excluding carboxylic acids is 1. The Labute approximate surface area is 66.8 Å². The molecule has 0 bridgehead atoms. The fourth-order valence-electron chi connectivity index (χ4n) is 0.658. The van der Waals surface area contributed by atoms with Crippen LogP contribution in [0.1, 0.15) is 13.3 Å². The number of hydrogen-bond acceptors (Lipinski definition) is 4. The zero-order chi connectivity index (χ0) is 8.85. The van der Waals surface area contributed by atoms with Crippen LogP contribution in [0, 0.1) is 0 Å². The zero-order valence-corrected chi connectivity index (χ0v) is 7.42. The second-order valence-corrected chi connectivity index (χ2v) is 2.44. The van der Waals surface area contributed by atoms with Gasteiger partial charge >= 0.3 is 5.97 Å². The number of nitrogens with zero attached hydrogens (tertiary/aromatic N) is 2. The highest BCUT2D eigenvalue weighted by atomic mass is 16.5. The van der Waals surface area contributed by atoms with E-state index in [1.165, 1.54) is 7.11 Å². The number of ether oxygens (including phenoxy) is 1. The maximum absolute atomic E-state index is 10.7. The first-order valence-corrected chi connectivity index (χ1v) is 3.34. The molecule has 0 saturated carbocycles. The number of hydrogen-bond donors (Lipinski definition) is 0. The van der Waals surface area contributed by atoms with Crippen molar-refractivity contribution in [2.45, 2.75) is 13.3 Å². The van der Waals surface area contributed by atoms with Gasteiger partial charge in [0.15, 0.2) is 0 Å². The molecule has 0 aliphatic carbocycles. The van der Waals surface area contributed by atoms with Crippen LogP contribution in [0.3, 0.4) is 0 Å². The normalized spacial score (nSPS) is 11.1. The SMILES string of the molecule is COC(=O)C/C(C)=N/N(C)C. The molecule has 0 heterocycles. The minimum absolute atomic E-state index is 0.256. The van der Waals surface area contributed by atoms with E-state index >= 15 is 0 Å². The minimum atomic E-state index is -0.256. The summed E-state index contributed by atoms with van der Waals surface area (Å²) >= 11 is 0. The highest BCUT2D eigenvalue weighted by Crippen LogP contribution is 1.90. The van der Waals surface area contributed by atoms with Crippen LogP contribution in [0.5, 0.6) is 0 Å². The van der Waals surface area contributed by atoms with Gasteiger partial charge in [0.2, 0.25) is 0 Å². The molecule has 0 aliphatic heterocycles. The van der Waals surface area contributed by atoms with Gasteiger partial charge in [0.1, 0.15) is 0 Å². The molecule has 11 heavy (non-hydrogen) atoms. The van der Waals surface area contributed by atoms with Crippen molar-refractivity contribution in [2.75, 3.05) is 21.2 Å². The van der Waals surface area contributed by atoms with Gasteiger partial charge in [-0.25, -0.2) is 0 Å². The van der Waals surface area contributed by atoms with Crippen molar-refractivity contribution in [3.63, 3.8) is 0 Å². The number of hydrazone groups is 1. The van der Waals surface area contributed by atoms with E-state index in [-0.39, 0.29) is 12.4 Å². The lowest BCUT2D eigenvalue weighted by atomic mass is 10.3. The van der Waals surface area contributed by atoms with E-state index in [4.69, 9.17) is 0 Å². The number of rotatable bonds is 3. The molecule has 0 aromatic heterocycles. The fourth-order valence-corrected chi connectivity index (χ4v) is 0.658. The van der Waals surface area contributed by atoms with Crippen molar-refractivity contribution < 1.29 is 9.53 Å². The molecule has 0 aromatic carbocycles. The third-order valence-electron chi connectivity index (χ3n) is 0.999. The summed E-state index contributed by atoms with van der Waals surface area (Å²) in [5.74, 6) is -0.256. The van der Waals surface area contributed by atoms with Crippen LogP contribution in [0.15, 0.2) is 5.10 Å². The van der Waals surface area contributed by atoms with Gasteiger partial charge < -0.3 is 9.75 Å². The zero-order valence-electron chi connectivity index (χ0n) is 7.42. The third-order valence-corrected chi connectivity index (χ3v) is 0.999. The highest BCUT2D eigenvalue weighted by Gasteiger charge is 2.01. The first-order chi connectivity index (χ1) is 5.06. The molecule has 0 saturated heterocycles. The molecule has 0 aromatic rings. The van der Waals surface area contributed by atoms with Gasteiger partial charge in [0, 0.05) is 19.8 Å². The lowest BCUT2D eigenvalue weighted by Gasteiger charge is -2.05. The maximum Gasteiger partial charge on any atom is 0.311 e. The van der Waals surface area contributed by atoms with Crippen LogP contribution in [-0.4, -0.2) is 37.9 Å². The molecule has 64 valence electrons. The van der Waals surface area contributed by atoms with Crippen LogP contribution >= 0.6 is 0 Å². The number of methoxy groups -OCH3 is 1. The van der Waals surface area contributed by atoms with Crippen LogP contribution < -0.4 is 0 Å². The molecule has 0 radical (unpaired) electrons. The topological polar surface area (TPSA) is 41.9 Å². The molecule has 0 unspecified atom stereocenters. The average Bonchev–Trinajstić information content (AvgIpc) is 1.85. The average molecular weight is 158 g/mol. The van der Waals surface area contributed by atoms with E-state index in [1.807, 2.05) is 0 Å². The second kappa shape index (κ2) is 4.71. The Morgan fingerprint density at radius 2 is 2.09 bits per heavy atom. The van der Waals surface area contributed by atoms with Gasteiger partial charge in [-0.3, -0.25) is 4.79 Å². The van der Waals surface area contributed by atoms with Gasteiger partial charge in [0.05, 0.1) is 13.5 Å². The van der Waals surface area contributed by atoms with E-state index in [0.717, 1.165) is 5.71 Å². The molecule has 4 nitrogen and oxygen atoms in total. The Morgan fingerprint density at radius 3 is 2.45 bits per heavy atom. The van der Waals surface area contributed by atoms with Crippen molar-refractivity contribution in [1.29, 1.82) is 0 Å². The summed E-state index contributed by atoms with van der Waals surface area (Å²) < 4.78 is 4.46. The molecule has 0 fully saturated rings. The Bertz CT molecular complexity index is 164. The monoisotopic (exact) mass is 158 g/mol. The molecule has 4 heteroatoms. The van der Waals surface area contributed by atoms with E-state index in [0.29, 0.717) is 0 Å². The molecule has 0 spiro atoms. The van der Waals surface area contributed by atoms with Crippen LogP contribution in [0.4, 0.5) is 0 Å². The van der Waals surface area contributed by atoms with Crippen molar-refractivity contribution in [2.24, 2.45) is 5.10 Å². The standard InChI is InChI=1S/C7H14N2O2/c1-6(8-9(2)3)5-7(10)11-4/h5H2,1-4H3/b8-6+. The lowest BCUT2D eigenvalue weighted by molar-refractivity contribution is -0.139. The van der Waals surface area contributed by atoms with Gasteiger partial charge in [-0.1, -0.05) is 0 Å². The minimum Gasteiger partial charge on any atom is -0.469 e. The van der Waals surface area contributed by atoms with Crippen molar-refractivity contribution in [3.8, 4) is 0 Å². The van der Waals surface area contributed by atoms with Gasteiger partial charge in [0.25, 0.3) is 0 Å². The summed E-state index contributed by atoms with van der Waals surface area (Å²) in [6.45, 7) is 1.79. The Morgan fingerprint density at radius 1 is 1.55 bits per heavy atom. The van der Waals surface area contributed by atoms with Gasteiger partial charge in [-0.05, 0) is 6.92 Å². The van der Waals surface area contributed by atoms with Crippen molar-refractivity contribution >= 4 is 11.7 Å². The Balaban J connectivity index is 3.86. The summed E-state index contributed by atoms with van der Waals surface area (Å²) in [5, 5.41) is 5.67. The molecule has 0 amide bonds. The fraction of sp³-hybridized carbons (Fsp3) is 0.714. The van der Waals surface area contributed by atoms with Crippen molar-refractivity contribution in [1.82, 2.24) is 5.01 Å². The summed E-state index contributed by atoms with van der Waals surface area (Å²) in [4.78, 5) is 10.7. The Kier molecular flexibility index (Phi) is 4.26. The van der Waals surface area contributed by atoms with Crippen LogP contribution in [-0.2, 0) is 9.53 Å². The maximum atomic E-state index is 10.7. The van der Waals surface area contributed by atoms with Crippen molar-refractivity contribution in [3.05, 3.63) is 0 Å². The molecular weight excluding hydrogens is 144 g/mol. The van der Waals surface area contributed by atoms with E-state index in [1.54, 1.807) is 26.0 Å². The summed E-state index contributed by atoms with van der Waals surface area (Å²) in [5.41, 5.74) is 0.752. The van der Waals surface area contributed by atoms with Crippen LogP contribution in [0.2, 0.25) is 0 Å². The summed E-state index contributed by atoms with van der Waals surface area (Å²) in [6.07, 6.45) is 0.259. The van der Waals surface area contributed by atoms with Crippen LogP contribution in [0.25, 0.3) is 0 Å². The first kappa shape index (κ1) is 9.94. The number of carbonyl (C=O) groups is 1. The van der Waals surface area contributed by atoms with E-state index in [9.17, 15) is 4.79 Å². The molecule has 0 rings (SSSR count). The third kappa shape index (κ3) is 5.39. The largest absolute Gasteiger partial charge is 0.469 e. The Hall–Kier alpha value is -1.06. The van der Waals surface area contributed by atoms with E-state index < -0.39 is 0 Å². The predicted octanol–water partition coefficient (Wildman–Crippen LogP) is 0.487.